The molecule has 1 heterocycles. The van der Waals surface area contributed by atoms with E-state index in [1.807, 2.05) is 42.6 Å². The number of amides is 2. The van der Waals surface area contributed by atoms with E-state index in [9.17, 15) is 9.59 Å². The second-order valence-electron chi connectivity index (χ2n) is 9.17. The van der Waals surface area contributed by atoms with Crippen LogP contribution < -0.4 is 29.7 Å². The minimum atomic E-state index is -0.382. The largest absolute Gasteiger partial charge is 0.494 e. The first kappa shape index (κ1) is 29.6. The van der Waals surface area contributed by atoms with Crippen LogP contribution in [0.1, 0.15) is 51.4 Å². The van der Waals surface area contributed by atoms with E-state index >= 15 is 0 Å². The average Bonchev–Trinajstić information content (AvgIpc) is 3.35. The predicted molar refractivity (Wildman–Crippen MR) is 149 cm³/mol. The molecule has 3 rings (SSSR count). The van der Waals surface area contributed by atoms with Gasteiger partial charge in [0.05, 0.1) is 33.5 Å². The summed E-state index contributed by atoms with van der Waals surface area (Å²) in [5.74, 6) is 2.14. The molecule has 0 radical (unpaired) electrons. The maximum Gasteiger partial charge on any atom is 0.243 e. The normalized spacial score (nSPS) is 10.8. The molecule has 0 atom stereocenters. The van der Waals surface area contributed by atoms with Crippen molar-refractivity contribution < 1.29 is 33.7 Å². The predicted octanol–water partition coefficient (Wildman–Crippen LogP) is 5.31. The summed E-state index contributed by atoms with van der Waals surface area (Å²) in [6.07, 6.45) is 7.61. The van der Waals surface area contributed by atoms with Gasteiger partial charge < -0.3 is 28.8 Å². The van der Waals surface area contributed by atoms with E-state index in [4.69, 9.17) is 24.2 Å². The Hall–Kier alpha value is -3.92. The van der Waals surface area contributed by atoms with E-state index < -0.39 is 0 Å². The van der Waals surface area contributed by atoms with Crippen molar-refractivity contribution in [2.75, 3.05) is 33.3 Å². The zero-order valence-corrected chi connectivity index (χ0v) is 23.0. The zero-order valence-electron chi connectivity index (χ0n) is 23.0. The van der Waals surface area contributed by atoms with Crippen LogP contribution in [0.3, 0.4) is 0 Å². The lowest BCUT2D eigenvalue weighted by molar-refractivity contribution is -0.129. The molecule has 0 bridgehead atoms. The highest BCUT2D eigenvalue weighted by Crippen LogP contribution is 2.43. The number of ether oxygens (including phenoxy) is 4. The molecule has 1 aromatic heterocycles. The maximum atomic E-state index is 12.3. The lowest BCUT2D eigenvalue weighted by Gasteiger charge is -2.15. The number of benzene rings is 2. The highest BCUT2D eigenvalue weighted by atomic mass is 16.5. The number of hydroxylamine groups is 1. The third kappa shape index (κ3) is 8.54. The molecule has 0 aliphatic heterocycles. The molecule has 10 heteroatoms. The first-order valence-corrected chi connectivity index (χ1v) is 13.2. The Balaban J connectivity index is 1.41. The third-order valence-electron chi connectivity index (χ3n) is 6.42. The molecule has 0 fully saturated rings. The highest BCUT2D eigenvalue weighted by molar-refractivity contribution is 5.91. The monoisotopic (exact) mass is 541 g/mol. The Morgan fingerprint density at radius 3 is 2.28 bits per heavy atom. The lowest BCUT2D eigenvalue weighted by atomic mass is 10.1. The van der Waals surface area contributed by atoms with E-state index in [0.29, 0.717) is 54.6 Å². The first-order valence-electron chi connectivity index (χ1n) is 13.2. The van der Waals surface area contributed by atoms with Crippen LogP contribution >= 0.6 is 0 Å². The van der Waals surface area contributed by atoms with Crippen LogP contribution in [0.5, 0.6) is 23.0 Å². The van der Waals surface area contributed by atoms with Crippen LogP contribution in [0.2, 0.25) is 0 Å². The van der Waals surface area contributed by atoms with Gasteiger partial charge in [-0.05, 0) is 49.9 Å². The second kappa shape index (κ2) is 15.5. The SMILES string of the molecule is COc1cc2ccn(CCCCOc3cccc(NC(=O)CCCCCCC(=O)NO)c3)c2c(OC)c1OC. The van der Waals surface area contributed by atoms with Gasteiger partial charge in [0.15, 0.2) is 11.5 Å². The highest BCUT2D eigenvalue weighted by Gasteiger charge is 2.18. The second-order valence-corrected chi connectivity index (χ2v) is 9.17. The van der Waals surface area contributed by atoms with Crippen LogP contribution in [0.4, 0.5) is 5.69 Å². The van der Waals surface area contributed by atoms with Crippen molar-refractivity contribution in [2.45, 2.75) is 57.9 Å². The van der Waals surface area contributed by atoms with Gasteiger partial charge in [0.25, 0.3) is 0 Å². The summed E-state index contributed by atoms with van der Waals surface area (Å²) in [6.45, 7) is 1.35. The van der Waals surface area contributed by atoms with Crippen LogP contribution in [0, 0.1) is 0 Å². The fourth-order valence-electron chi connectivity index (χ4n) is 4.46. The molecule has 10 nitrogen and oxygen atoms in total. The fourth-order valence-corrected chi connectivity index (χ4v) is 4.46. The van der Waals surface area contributed by atoms with Crippen LogP contribution in [0.15, 0.2) is 42.6 Å². The molecule has 3 N–H and O–H groups in total. The van der Waals surface area contributed by atoms with Gasteiger partial charge in [0, 0.05) is 42.7 Å². The molecule has 0 aliphatic rings. The van der Waals surface area contributed by atoms with E-state index in [2.05, 4.69) is 9.88 Å². The standard InChI is InChI=1S/C29H39N3O7/c1-36-24-19-21-15-17-32(27(21)29(38-3)28(24)37-2)16-8-9-18-39-23-12-10-11-22(20-23)30-25(33)13-6-4-5-7-14-26(34)31-35/h10-12,15,17,19-20,35H,4-9,13-14,16,18H2,1-3H3,(H,30,33)(H,31,34). The van der Waals surface area contributed by atoms with Crippen LogP contribution in [-0.4, -0.2) is 49.5 Å². The smallest absolute Gasteiger partial charge is 0.243 e. The molecule has 0 spiro atoms. The number of carbonyl (C=O) groups is 2. The number of nitrogens with one attached hydrogen (secondary N) is 2. The van der Waals surface area contributed by atoms with Crippen LogP contribution in [0.25, 0.3) is 10.9 Å². The number of fused-ring (bicyclic) bond motifs is 1. The number of aromatic nitrogens is 1. The number of carbonyl (C=O) groups excluding carboxylic acids is 2. The Kier molecular flexibility index (Phi) is 11.8. The number of anilines is 1. The summed E-state index contributed by atoms with van der Waals surface area (Å²) in [7, 11) is 4.84. The molecule has 2 aromatic carbocycles. The molecular weight excluding hydrogens is 502 g/mol. The Labute approximate surface area is 229 Å². The van der Waals surface area contributed by atoms with Crippen molar-refractivity contribution in [3.05, 3.63) is 42.6 Å². The van der Waals surface area contributed by atoms with Crippen molar-refractivity contribution in [3.8, 4) is 23.0 Å². The number of nitrogens with zero attached hydrogens (tertiary/aromatic N) is 1. The number of hydrogen-bond acceptors (Lipinski definition) is 7. The molecule has 2 amide bonds. The van der Waals surface area contributed by atoms with E-state index in [1.54, 1.807) is 26.8 Å². The van der Waals surface area contributed by atoms with E-state index in [0.717, 1.165) is 49.6 Å². The molecule has 0 saturated heterocycles. The van der Waals surface area contributed by atoms with Gasteiger partial charge in [-0.15, -0.1) is 0 Å². The van der Waals surface area contributed by atoms with Crippen molar-refractivity contribution in [1.29, 1.82) is 0 Å². The molecule has 0 aliphatic carbocycles. The number of rotatable bonds is 17. The van der Waals surface area contributed by atoms with Gasteiger partial charge in [-0.3, -0.25) is 14.8 Å². The van der Waals surface area contributed by atoms with E-state index in [-0.39, 0.29) is 11.8 Å². The Morgan fingerprint density at radius 2 is 1.59 bits per heavy atom. The van der Waals surface area contributed by atoms with Gasteiger partial charge in [0.2, 0.25) is 17.6 Å². The minimum Gasteiger partial charge on any atom is -0.494 e. The summed E-state index contributed by atoms with van der Waals surface area (Å²) >= 11 is 0. The Bertz CT molecular complexity index is 1230. The quantitative estimate of drug-likeness (QED) is 0.120. The zero-order chi connectivity index (χ0) is 28.0. The number of unbranched alkanes of at least 4 members (excludes halogenated alkanes) is 4. The van der Waals surface area contributed by atoms with Crippen LogP contribution in [-0.2, 0) is 16.1 Å². The van der Waals surface area contributed by atoms with Crippen molar-refractivity contribution in [1.82, 2.24) is 10.0 Å². The molecule has 39 heavy (non-hydrogen) atoms. The summed E-state index contributed by atoms with van der Waals surface area (Å²) < 4.78 is 24.7. The van der Waals surface area contributed by atoms with Gasteiger partial charge in [-0.25, -0.2) is 5.48 Å². The fraction of sp³-hybridized carbons (Fsp3) is 0.448. The lowest BCUT2D eigenvalue weighted by Crippen LogP contribution is -2.17. The van der Waals surface area contributed by atoms with Crippen molar-refractivity contribution in [3.63, 3.8) is 0 Å². The molecule has 0 saturated carbocycles. The van der Waals surface area contributed by atoms with Gasteiger partial charge in [-0.1, -0.05) is 18.9 Å². The maximum absolute atomic E-state index is 12.3. The Morgan fingerprint density at radius 1 is 0.846 bits per heavy atom. The summed E-state index contributed by atoms with van der Waals surface area (Å²) in [4.78, 5) is 23.2. The first-order chi connectivity index (χ1) is 19.0. The van der Waals surface area contributed by atoms with Crippen molar-refractivity contribution in [2.24, 2.45) is 0 Å². The summed E-state index contributed by atoms with van der Waals surface area (Å²) in [5, 5.41) is 12.4. The van der Waals surface area contributed by atoms with Gasteiger partial charge in [-0.2, -0.15) is 0 Å². The summed E-state index contributed by atoms with van der Waals surface area (Å²) in [6, 6.07) is 11.4. The molecular formula is C29H39N3O7. The number of aryl methyl sites for hydroxylation is 1. The molecule has 3 aromatic rings. The topological polar surface area (TPSA) is 120 Å². The van der Waals surface area contributed by atoms with E-state index in [1.165, 1.54) is 0 Å². The number of hydrogen-bond donors (Lipinski definition) is 3. The minimum absolute atomic E-state index is 0.0520. The van der Waals surface area contributed by atoms with Gasteiger partial charge >= 0.3 is 0 Å². The molecule has 0 unspecified atom stereocenters. The summed E-state index contributed by atoms with van der Waals surface area (Å²) in [5.41, 5.74) is 3.29. The third-order valence-corrected chi connectivity index (χ3v) is 6.42. The molecule has 212 valence electrons. The van der Waals surface area contributed by atoms with Crippen molar-refractivity contribution >= 4 is 28.4 Å². The van der Waals surface area contributed by atoms with Gasteiger partial charge in [0.1, 0.15) is 5.75 Å². The average molecular weight is 542 g/mol. The number of methoxy groups -OCH3 is 3.